The fraction of sp³-hybridized carbons (Fsp3) is 0.0588. The first-order valence-corrected chi connectivity index (χ1v) is 7.85. The maximum atomic E-state index is 12.2. The number of halogens is 1. The summed E-state index contributed by atoms with van der Waals surface area (Å²) in [5.41, 5.74) is 0.949. The van der Waals surface area contributed by atoms with E-state index in [0.29, 0.717) is 16.3 Å². The van der Waals surface area contributed by atoms with Crippen LogP contribution in [0.2, 0.25) is 5.02 Å². The fourth-order valence-electron chi connectivity index (χ4n) is 2.18. The maximum Gasteiger partial charge on any atom is 0.261 e. The average molecular weight is 330 g/mol. The monoisotopic (exact) mass is 329 g/mol. The fourth-order valence-corrected chi connectivity index (χ4v) is 3.29. The molecule has 0 fully saturated rings. The highest BCUT2D eigenvalue weighted by Gasteiger charge is 2.31. The molecule has 0 bridgehead atoms. The number of rotatable bonds is 3. The molecule has 0 aromatic heterocycles. The molecule has 0 atom stereocenters. The Morgan fingerprint density at radius 1 is 1.05 bits per heavy atom. The van der Waals surface area contributed by atoms with Gasteiger partial charge >= 0.3 is 0 Å². The molecule has 0 N–H and O–H groups in total. The molecule has 0 saturated carbocycles. The first-order valence-electron chi connectivity index (χ1n) is 6.65. The van der Waals surface area contributed by atoms with E-state index < -0.39 is 0 Å². The summed E-state index contributed by atoms with van der Waals surface area (Å²) in [6, 6.07) is 15.0. The number of amides is 2. The van der Waals surface area contributed by atoms with Gasteiger partial charge in [0.2, 0.25) is 0 Å². The van der Waals surface area contributed by atoms with Crippen molar-refractivity contribution in [1.82, 2.24) is 0 Å². The zero-order valence-electron chi connectivity index (χ0n) is 11.7. The molecule has 1 heterocycles. The molecule has 1 aliphatic heterocycles. The number of anilines is 1. The van der Waals surface area contributed by atoms with Crippen LogP contribution in [0.5, 0.6) is 0 Å². The number of carbonyl (C=O) groups excluding carboxylic acids is 2. The van der Waals surface area contributed by atoms with E-state index in [4.69, 9.17) is 11.6 Å². The summed E-state index contributed by atoms with van der Waals surface area (Å²) >= 11 is 7.54. The number of hydrogen-bond donors (Lipinski definition) is 0. The van der Waals surface area contributed by atoms with Crippen LogP contribution in [0.4, 0.5) is 5.69 Å². The van der Waals surface area contributed by atoms with E-state index >= 15 is 0 Å². The molecule has 0 aliphatic carbocycles. The van der Waals surface area contributed by atoms with Crippen molar-refractivity contribution >= 4 is 40.9 Å². The predicted octanol–water partition coefficient (Wildman–Crippen LogP) is 4.31. The van der Waals surface area contributed by atoms with Crippen molar-refractivity contribution in [3.8, 4) is 0 Å². The molecule has 0 unspecified atom stereocenters. The van der Waals surface area contributed by atoms with Gasteiger partial charge in [-0.05, 0) is 37.3 Å². The van der Waals surface area contributed by atoms with Crippen LogP contribution in [0.25, 0.3) is 0 Å². The lowest BCUT2D eigenvalue weighted by molar-refractivity contribution is -0.120. The van der Waals surface area contributed by atoms with Crippen molar-refractivity contribution in [2.24, 2.45) is 0 Å². The summed E-state index contributed by atoms with van der Waals surface area (Å²) in [5, 5.41) is 0.484. The molecule has 3 nitrogen and oxygen atoms in total. The highest BCUT2D eigenvalue weighted by molar-refractivity contribution is 7.99. The minimum Gasteiger partial charge on any atom is -0.269 e. The summed E-state index contributed by atoms with van der Waals surface area (Å²) in [5.74, 6) is -0.637. The van der Waals surface area contributed by atoms with Crippen molar-refractivity contribution in [1.29, 1.82) is 0 Å². The number of imide groups is 1. The van der Waals surface area contributed by atoms with Crippen LogP contribution >= 0.6 is 23.4 Å². The maximum absolute atomic E-state index is 12.2. The van der Waals surface area contributed by atoms with E-state index in [0.717, 1.165) is 9.79 Å². The van der Waals surface area contributed by atoms with Crippen molar-refractivity contribution in [3.05, 3.63) is 65.2 Å². The first-order chi connectivity index (χ1) is 10.6. The highest BCUT2D eigenvalue weighted by Crippen LogP contribution is 2.38. The normalized spacial score (nSPS) is 14.5. The van der Waals surface area contributed by atoms with E-state index in [1.54, 1.807) is 19.1 Å². The van der Waals surface area contributed by atoms with Gasteiger partial charge in [-0.25, -0.2) is 4.90 Å². The number of carbonyl (C=O) groups is 2. The van der Waals surface area contributed by atoms with E-state index in [1.165, 1.54) is 22.7 Å². The Labute approximate surface area is 137 Å². The van der Waals surface area contributed by atoms with Gasteiger partial charge in [0.15, 0.2) is 0 Å². The Bertz CT molecular complexity index is 787. The zero-order chi connectivity index (χ0) is 15.7. The van der Waals surface area contributed by atoms with Gasteiger partial charge in [0.05, 0.1) is 5.69 Å². The van der Waals surface area contributed by atoms with Crippen LogP contribution < -0.4 is 4.90 Å². The quantitative estimate of drug-likeness (QED) is 0.787. The molecule has 2 amide bonds. The van der Waals surface area contributed by atoms with E-state index in [-0.39, 0.29) is 11.8 Å². The zero-order valence-corrected chi connectivity index (χ0v) is 13.3. The Balaban J connectivity index is 2.02. The van der Waals surface area contributed by atoms with Crippen LogP contribution in [-0.4, -0.2) is 11.8 Å². The first kappa shape index (κ1) is 14.9. The Hall–Kier alpha value is -2.04. The van der Waals surface area contributed by atoms with Gasteiger partial charge < -0.3 is 0 Å². The molecule has 0 radical (unpaired) electrons. The van der Waals surface area contributed by atoms with Crippen molar-refractivity contribution in [2.45, 2.75) is 16.7 Å². The standard InChI is InChI=1S/C17H12ClNO2S/c1-11-9-16(20)19(17(11)21)14-10-12(18)7-8-15(14)22-13-5-3-2-4-6-13/h2-10H,1H3. The summed E-state index contributed by atoms with van der Waals surface area (Å²) in [6.07, 6.45) is 1.35. The van der Waals surface area contributed by atoms with Gasteiger partial charge in [-0.3, -0.25) is 9.59 Å². The van der Waals surface area contributed by atoms with Crippen LogP contribution in [0.3, 0.4) is 0 Å². The molecule has 3 rings (SSSR count). The molecule has 0 spiro atoms. The smallest absolute Gasteiger partial charge is 0.261 e. The highest BCUT2D eigenvalue weighted by atomic mass is 35.5. The Kier molecular flexibility index (Phi) is 4.05. The lowest BCUT2D eigenvalue weighted by atomic mass is 10.2. The molecular weight excluding hydrogens is 318 g/mol. The van der Waals surface area contributed by atoms with Crippen LogP contribution in [0.1, 0.15) is 6.92 Å². The van der Waals surface area contributed by atoms with Crippen molar-refractivity contribution < 1.29 is 9.59 Å². The second-order valence-corrected chi connectivity index (χ2v) is 6.39. The van der Waals surface area contributed by atoms with Gasteiger partial charge in [0, 0.05) is 26.5 Å². The van der Waals surface area contributed by atoms with E-state index in [1.807, 2.05) is 36.4 Å². The predicted molar refractivity (Wildman–Crippen MR) is 88.3 cm³/mol. The summed E-state index contributed by atoms with van der Waals surface area (Å²) in [4.78, 5) is 27.3. The molecule has 1 aliphatic rings. The SMILES string of the molecule is CC1=CC(=O)N(c2cc(Cl)ccc2Sc2ccccc2)C1=O. The topological polar surface area (TPSA) is 37.4 Å². The number of nitrogens with zero attached hydrogens (tertiary/aromatic N) is 1. The third kappa shape index (κ3) is 2.80. The molecule has 110 valence electrons. The number of hydrogen-bond acceptors (Lipinski definition) is 3. The van der Waals surface area contributed by atoms with Crippen molar-refractivity contribution in [2.75, 3.05) is 4.90 Å². The van der Waals surface area contributed by atoms with Crippen LogP contribution in [0.15, 0.2) is 70.0 Å². The molecule has 2 aromatic rings. The number of benzene rings is 2. The third-order valence-corrected chi connectivity index (χ3v) is 4.54. The summed E-state index contributed by atoms with van der Waals surface area (Å²) < 4.78 is 0. The average Bonchev–Trinajstić information content (AvgIpc) is 2.75. The van der Waals surface area contributed by atoms with Gasteiger partial charge in [-0.15, -0.1) is 0 Å². The second-order valence-electron chi connectivity index (χ2n) is 4.83. The molecule has 22 heavy (non-hydrogen) atoms. The molecular formula is C17H12ClNO2S. The lowest BCUT2D eigenvalue weighted by Gasteiger charge is -2.18. The lowest BCUT2D eigenvalue weighted by Crippen LogP contribution is -2.31. The summed E-state index contributed by atoms with van der Waals surface area (Å²) in [7, 11) is 0. The van der Waals surface area contributed by atoms with Gasteiger partial charge in [0.1, 0.15) is 0 Å². The molecule has 2 aromatic carbocycles. The molecule has 0 saturated heterocycles. The Morgan fingerprint density at radius 2 is 1.77 bits per heavy atom. The van der Waals surface area contributed by atoms with E-state index in [2.05, 4.69) is 0 Å². The van der Waals surface area contributed by atoms with Crippen LogP contribution in [-0.2, 0) is 9.59 Å². The van der Waals surface area contributed by atoms with E-state index in [9.17, 15) is 9.59 Å². The minimum absolute atomic E-state index is 0.304. The van der Waals surface area contributed by atoms with Gasteiger partial charge in [-0.2, -0.15) is 0 Å². The third-order valence-electron chi connectivity index (χ3n) is 3.23. The van der Waals surface area contributed by atoms with Gasteiger partial charge in [0.25, 0.3) is 11.8 Å². The van der Waals surface area contributed by atoms with Gasteiger partial charge in [-0.1, -0.05) is 41.6 Å². The minimum atomic E-state index is -0.334. The molecule has 5 heteroatoms. The largest absolute Gasteiger partial charge is 0.269 e. The second kappa shape index (κ2) is 5.99. The summed E-state index contributed by atoms with van der Waals surface area (Å²) in [6.45, 7) is 1.63. The van der Waals surface area contributed by atoms with Crippen LogP contribution in [0, 0.1) is 0 Å². The Morgan fingerprint density at radius 3 is 2.41 bits per heavy atom. The van der Waals surface area contributed by atoms with Crippen molar-refractivity contribution in [3.63, 3.8) is 0 Å².